The van der Waals surface area contributed by atoms with E-state index in [-0.39, 0.29) is 11.7 Å². The quantitative estimate of drug-likeness (QED) is 0.728. The summed E-state index contributed by atoms with van der Waals surface area (Å²) in [5.74, 6) is 0. The van der Waals surface area contributed by atoms with Crippen molar-refractivity contribution in [2.75, 3.05) is 13.7 Å². The Hall–Kier alpha value is -0.990. The van der Waals surface area contributed by atoms with Crippen LogP contribution in [0.15, 0.2) is 35.4 Å². The molecule has 2 aromatic rings. The average molecular weight is 374 g/mol. The van der Waals surface area contributed by atoms with Crippen LogP contribution in [0.5, 0.6) is 0 Å². The van der Waals surface area contributed by atoms with Crippen LogP contribution in [0.2, 0.25) is 0 Å². The van der Waals surface area contributed by atoms with Gasteiger partial charge >= 0.3 is 0 Å². The molecule has 1 heterocycles. The lowest BCUT2D eigenvalue weighted by Crippen LogP contribution is -2.25. The lowest BCUT2D eigenvalue weighted by molar-refractivity contribution is 0.0619. The van der Waals surface area contributed by atoms with Crippen molar-refractivity contribution in [1.82, 2.24) is 9.55 Å². The van der Waals surface area contributed by atoms with Crippen LogP contribution in [0.25, 0.3) is 10.9 Å². The van der Waals surface area contributed by atoms with Crippen LogP contribution in [0, 0.1) is 0 Å². The van der Waals surface area contributed by atoms with E-state index in [1.54, 1.807) is 24.1 Å². The zero-order valence-electron chi connectivity index (χ0n) is 10.6. The van der Waals surface area contributed by atoms with Gasteiger partial charge in [0.15, 0.2) is 0 Å². The first-order valence-corrected chi connectivity index (χ1v) is 6.85. The zero-order valence-corrected chi connectivity index (χ0v) is 12.7. The molecular formula is C13H15IN2O3. The molecule has 0 aliphatic heterocycles. The van der Waals surface area contributed by atoms with Crippen molar-refractivity contribution < 1.29 is 7.80 Å². The highest BCUT2D eigenvalue weighted by Crippen LogP contribution is 2.06. The summed E-state index contributed by atoms with van der Waals surface area (Å²) in [4.78, 5) is 16.5. The number of halogens is 1. The molecule has 0 spiro atoms. The van der Waals surface area contributed by atoms with Crippen LogP contribution in [-0.2, 0) is 14.3 Å². The molecule has 0 saturated heterocycles. The third-order valence-electron chi connectivity index (χ3n) is 3.01. The molecule has 0 amide bonds. The van der Waals surface area contributed by atoms with Crippen molar-refractivity contribution in [2.24, 2.45) is 0 Å². The number of methoxy groups -OCH3 is 1. The number of para-hydroxylation sites is 1. The normalized spacial score (nSPS) is 12.7. The van der Waals surface area contributed by atoms with Crippen LogP contribution in [0.4, 0.5) is 0 Å². The van der Waals surface area contributed by atoms with Crippen molar-refractivity contribution >= 4 is 33.9 Å². The van der Waals surface area contributed by atoms with Gasteiger partial charge in [-0.3, -0.25) is 9.36 Å². The molecule has 0 radical (unpaired) electrons. The Morgan fingerprint density at radius 1 is 1.42 bits per heavy atom. The predicted molar refractivity (Wildman–Crippen MR) is 81.4 cm³/mol. The summed E-state index contributed by atoms with van der Waals surface area (Å²) in [5, 5.41) is 0.643. The SMILES string of the molecule is COC(CCn1cnc2ccccc2c1=O)COI. The smallest absolute Gasteiger partial charge is 0.261 e. The molecule has 0 aliphatic carbocycles. The fourth-order valence-corrected chi connectivity index (χ4v) is 2.29. The van der Waals surface area contributed by atoms with Gasteiger partial charge in [-0.05, 0) is 18.6 Å². The van der Waals surface area contributed by atoms with Crippen LogP contribution < -0.4 is 5.56 Å². The first-order chi connectivity index (χ1) is 9.26. The molecule has 6 heteroatoms. The van der Waals surface area contributed by atoms with Crippen molar-refractivity contribution in [3.63, 3.8) is 0 Å². The molecule has 0 bridgehead atoms. The summed E-state index contributed by atoms with van der Waals surface area (Å²) in [6.07, 6.45) is 2.28. The zero-order chi connectivity index (χ0) is 13.7. The van der Waals surface area contributed by atoms with Crippen LogP contribution >= 0.6 is 23.0 Å². The maximum Gasteiger partial charge on any atom is 0.261 e. The van der Waals surface area contributed by atoms with E-state index in [2.05, 4.69) is 4.98 Å². The van der Waals surface area contributed by atoms with E-state index < -0.39 is 0 Å². The van der Waals surface area contributed by atoms with E-state index in [1.807, 2.05) is 41.2 Å². The highest BCUT2D eigenvalue weighted by Gasteiger charge is 2.09. The Morgan fingerprint density at radius 2 is 2.21 bits per heavy atom. The Labute approximate surface area is 125 Å². The molecule has 0 aliphatic rings. The molecule has 0 saturated carbocycles. The highest BCUT2D eigenvalue weighted by molar-refractivity contribution is 14.1. The van der Waals surface area contributed by atoms with E-state index in [1.165, 1.54) is 0 Å². The molecule has 1 aromatic heterocycles. The third kappa shape index (κ3) is 3.52. The molecule has 5 nitrogen and oxygen atoms in total. The van der Waals surface area contributed by atoms with Crippen molar-refractivity contribution in [2.45, 2.75) is 19.1 Å². The van der Waals surface area contributed by atoms with Gasteiger partial charge in [-0.2, -0.15) is 0 Å². The van der Waals surface area contributed by atoms with Crippen molar-refractivity contribution in [1.29, 1.82) is 0 Å². The Kier molecular flexibility index (Phi) is 5.29. The summed E-state index contributed by atoms with van der Waals surface area (Å²) in [5.41, 5.74) is 0.707. The second kappa shape index (κ2) is 6.97. The van der Waals surface area contributed by atoms with E-state index in [4.69, 9.17) is 7.80 Å². The summed E-state index contributed by atoms with van der Waals surface area (Å²) in [7, 11) is 1.64. The van der Waals surface area contributed by atoms with E-state index in [9.17, 15) is 4.79 Å². The number of ether oxygens (including phenoxy) is 1. The molecule has 0 N–H and O–H groups in total. The minimum atomic E-state index is -0.0183. The number of benzene rings is 1. The number of aromatic nitrogens is 2. The van der Waals surface area contributed by atoms with Crippen molar-refractivity contribution in [3.05, 3.63) is 40.9 Å². The number of fused-ring (bicyclic) bond motifs is 1. The largest absolute Gasteiger partial charge is 0.379 e. The summed E-state index contributed by atoms with van der Waals surface area (Å²) in [6.45, 7) is 1.07. The fourth-order valence-electron chi connectivity index (χ4n) is 1.89. The first kappa shape index (κ1) is 14.4. The second-order valence-corrected chi connectivity index (χ2v) is 4.81. The number of hydrogen-bond acceptors (Lipinski definition) is 4. The Bertz CT molecular complexity index is 600. The van der Waals surface area contributed by atoms with Gasteiger partial charge in [-0.1, -0.05) is 12.1 Å². The molecule has 1 atom stereocenters. The minimum absolute atomic E-state index is 0.0177. The van der Waals surface area contributed by atoms with Crippen LogP contribution in [0.1, 0.15) is 6.42 Å². The van der Waals surface area contributed by atoms with Gasteiger partial charge < -0.3 is 7.80 Å². The number of rotatable bonds is 6. The van der Waals surface area contributed by atoms with Gasteiger partial charge in [0.25, 0.3) is 5.56 Å². The molecule has 0 fully saturated rings. The Morgan fingerprint density at radius 3 is 2.95 bits per heavy atom. The highest BCUT2D eigenvalue weighted by atomic mass is 127. The number of aryl methyl sites for hydroxylation is 1. The molecule has 102 valence electrons. The molecule has 1 aromatic carbocycles. The molecular weight excluding hydrogens is 359 g/mol. The standard InChI is InChI=1S/C13H15IN2O3/c1-18-10(8-19-14)6-7-16-9-15-12-5-3-2-4-11(12)13(16)17/h2-5,9-10H,6-8H2,1H3. The maximum atomic E-state index is 12.2. The maximum absolute atomic E-state index is 12.2. The molecule has 1 unspecified atom stereocenters. The average Bonchev–Trinajstić information content (AvgIpc) is 2.45. The van der Waals surface area contributed by atoms with Gasteiger partial charge in [0.2, 0.25) is 0 Å². The van der Waals surface area contributed by atoms with E-state index >= 15 is 0 Å². The summed E-state index contributed by atoms with van der Waals surface area (Å²) < 4.78 is 11.9. The molecule has 2 rings (SSSR count). The van der Waals surface area contributed by atoms with Gasteiger partial charge in [0.1, 0.15) is 23.0 Å². The predicted octanol–water partition coefficient (Wildman–Crippen LogP) is 2.17. The van der Waals surface area contributed by atoms with E-state index in [0.717, 1.165) is 5.52 Å². The minimum Gasteiger partial charge on any atom is -0.379 e. The van der Waals surface area contributed by atoms with E-state index in [0.29, 0.717) is 25.0 Å². The second-order valence-electron chi connectivity index (χ2n) is 4.18. The van der Waals surface area contributed by atoms with Gasteiger partial charge in [-0.15, -0.1) is 0 Å². The first-order valence-electron chi connectivity index (χ1n) is 5.96. The van der Waals surface area contributed by atoms with Crippen LogP contribution in [0.3, 0.4) is 0 Å². The topological polar surface area (TPSA) is 53.4 Å². The van der Waals surface area contributed by atoms with Gasteiger partial charge in [-0.25, -0.2) is 4.98 Å². The fraction of sp³-hybridized carbons (Fsp3) is 0.385. The van der Waals surface area contributed by atoms with Crippen LogP contribution in [-0.4, -0.2) is 29.4 Å². The van der Waals surface area contributed by atoms with Gasteiger partial charge in [0.05, 0.1) is 29.9 Å². The molecule has 19 heavy (non-hydrogen) atoms. The lowest BCUT2D eigenvalue weighted by atomic mass is 10.2. The number of hydrogen-bond donors (Lipinski definition) is 0. The Balaban J connectivity index is 2.17. The lowest BCUT2D eigenvalue weighted by Gasteiger charge is -2.14. The van der Waals surface area contributed by atoms with Crippen molar-refractivity contribution in [3.8, 4) is 0 Å². The van der Waals surface area contributed by atoms with Gasteiger partial charge in [0, 0.05) is 13.7 Å². The third-order valence-corrected chi connectivity index (χ3v) is 3.37. The monoisotopic (exact) mass is 374 g/mol. The summed E-state index contributed by atoms with van der Waals surface area (Å²) >= 11 is 1.84. The summed E-state index contributed by atoms with van der Waals surface area (Å²) in [6, 6.07) is 7.35. The number of nitrogens with zero attached hydrogens (tertiary/aromatic N) is 2.